The fraction of sp³-hybridized carbons (Fsp3) is 1.00. The summed E-state index contributed by atoms with van der Waals surface area (Å²) in [6.45, 7) is 2.16. The Balaban J connectivity index is 1.96. The summed E-state index contributed by atoms with van der Waals surface area (Å²) in [6.07, 6.45) is 2.14. The van der Waals surface area contributed by atoms with Gasteiger partial charge in [-0.2, -0.15) is 0 Å². The molecule has 2 rings (SSSR count). The Bertz CT molecular complexity index is 205. The van der Waals surface area contributed by atoms with Gasteiger partial charge in [-0.15, -0.1) is 0 Å². The Morgan fingerprint density at radius 3 is 2.00 bits per heavy atom. The van der Waals surface area contributed by atoms with Gasteiger partial charge in [0.1, 0.15) is 0 Å². The van der Waals surface area contributed by atoms with E-state index in [0.29, 0.717) is 24.7 Å². The van der Waals surface area contributed by atoms with Crippen LogP contribution in [0.5, 0.6) is 0 Å². The minimum absolute atomic E-state index is 0.00722. The van der Waals surface area contributed by atoms with Crippen LogP contribution in [0.15, 0.2) is 0 Å². The Morgan fingerprint density at radius 2 is 1.62 bits per heavy atom. The molecule has 0 saturated heterocycles. The summed E-state index contributed by atoms with van der Waals surface area (Å²) >= 11 is 0. The molecule has 2 aliphatic carbocycles. The first-order chi connectivity index (χ1) is 5.93. The first-order valence-corrected chi connectivity index (χ1v) is 5.10. The molecule has 2 aliphatic rings. The molecule has 0 amide bonds. The van der Waals surface area contributed by atoms with Gasteiger partial charge in [-0.3, -0.25) is 0 Å². The Kier molecular flexibility index (Phi) is 1.92. The fourth-order valence-corrected chi connectivity index (χ4v) is 2.58. The van der Waals surface area contributed by atoms with Crippen molar-refractivity contribution in [3.05, 3.63) is 0 Å². The second kappa shape index (κ2) is 2.66. The van der Waals surface area contributed by atoms with Gasteiger partial charge in [-0.1, -0.05) is 6.92 Å². The molecule has 2 N–H and O–H groups in total. The van der Waals surface area contributed by atoms with Crippen molar-refractivity contribution >= 4 is 0 Å². The van der Waals surface area contributed by atoms with Crippen LogP contribution in [0, 0.1) is 11.8 Å². The van der Waals surface area contributed by atoms with Gasteiger partial charge < -0.3 is 5.73 Å². The quantitative estimate of drug-likeness (QED) is 0.674. The van der Waals surface area contributed by atoms with Gasteiger partial charge in [-0.25, -0.2) is 8.78 Å². The van der Waals surface area contributed by atoms with E-state index in [1.54, 1.807) is 0 Å². The maximum Gasteiger partial charge on any atom is 0.248 e. The molecule has 0 aliphatic heterocycles. The Hall–Kier alpha value is -0.180. The van der Waals surface area contributed by atoms with E-state index in [1.807, 2.05) is 0 Å². The topological polar surface area (TPSA) is 26.0 Å². The fourth-order valence-electron chi connectivity index (χ4n) is 2.58. The molecule has 76 valence electrons. The minimum Gasteiger partial charge on any atom is -0.325 e. The molecule has 2 unspecified atom stereocenters. The van der Waals surface area contributed by atoms with Crippen molar-refractivity contribution in [3.8, 4) is 0 Å². The van der Waals surface area contributed by atoms with Crippen molar-refractivity contribution in [2.24, 2.45) is 17.6 Å². The number of nitrogens with two attached hydrogens (primary N) is 1. The van der Waals surface area contributed by atoms with Gasteiger partial charge >= 0.3 is 0 Å². The van der Waals surface area contributed by atoms with Crippen LogP contribution in [0.25, 0.3) is 0 Å². The zero-order chi connectivity index (χ0) is 9.69. The molecule has 0 radical (unpaired) electrons. The number of hydrogen-bond acceptors (Lipinski definition) is 1. The van der Waals surface area contributed by atoms with Crippen molar-refractivity contribution in [1.29, 1.82) is 0 Å². The summed E-state index contributed by atoms with van der Waals surface area (Å²) in [7, 11) is 0. The normalized spacial score (nSPS) is 41.5. The van der Waals surface area contributed by atoms with E-state index < -0.39 is 5.92 Å². The molecule has 2 fully saturated rings. The molecule has 0 heterocycles. The van der Waals surface area contributed by atoms with E-state index >= 15 is 0 Å². The van der Waals surface area contributed by atoms with Crippen LogP contribution in [0.3, 0.4) is 0 Å². The average Bonchev–Trinajstić information content (AvgIpc) is 2.75. The molecular formula is C10H17F2N. The van der Waals surface area contributed by atoms with E-state index in [0.717, 1.165) is 6.42 Å². The van der Waals surface area contributed by atoms with Gasteiger partial charge in [-0.05, 0) is 31.1 Å². The molecule has 0 aromatic rings. The summed E-state index contributed by atoms with van der Waals surface area (Å²) in [6, 6.07) is 0. The number of halogens is 2. The smallest absolute Gasteiger partial charge is 0.248 e. The lowest BCUT2D eigenvalue weighted by Gasteiger charge is -2.37. The summed E-state index contributed by atoms with van der Waals surface area (Å²) in [5.41, 5.74) is 5.88. The maximum absolute atomic E-state index is 12.9. The first kappa shape index (κ1) is 9.38. The Labute approximate surface area is 77.7 Å². The molecule has 2 saturated carbocycles. The lowest BCUT2D eigenvalue weighted by atomic mass is 9.77. The molecule has 0 aromatic heterocycles. The van der Waals surface area contributed by atoms with Crippen molar-refractivity contribution < 1.29 is 8.78 Å². The molecule has 3 heteroatoms. The van der Waals surface area contributed by atoms with Gasteiger partial charge in [0.25, 0.3) is 0 Å². The van der Waals surface area contributed by atoms with E-state index in [4.69, 9.17) is 5.73 Å². The predicted octanol–water partition coefficient (Wildman–Crippen LogP) is 2.55. The highest BCUT2D eigenvalue weighted by Crippen LogP contribution is 2.52. The van der Waals surface area contributed by atoms with Crippen LogP contribution >= 0.6 is 0 Å². The number of hydrogen-bond donors (Lipinski definition) is 1. The SMILES string of the molecule is CC1CC1C1(N)CCC(F)(F)CC1. The predicted molar refractivity (Wildman–Crippen MR) is 47.6 cm³/mol. The van der Waals surface area contributed by atoms with Gasteiger partial charge in [0, 0.05) is 18.4 Å². The van der Waals surface area contributed by atoms with E-state index in [1.165, 1.54) is 0 Å². The molecule has 1 nitrogen and oxygen atoms in total. The summed E-state index contributed by atoms with van der Waals surface area (Å²) in [5.74, 6) is -1.26. The van der Waals surface area contributed by atoms with Crippen LogP contribution in [-0.4, -0.2) is 11.5 Å². The largest absolute Gasteiger partial charge is 0.325 e. The van der Waals surface area contributed by atoms with Crippen LogP contribution in [0.2, 0.25) is 0 Å². The van der Waals surface area contributed by atoms with Gasteiger partial charge in [0.15, 0.2) is 0 Å². The minimum atomic E-state index is -2.44. The summed E-state index contributed by atoms with van der Waals surface area (Å²) in [4.78, 5) is 0. The second-order valence-electron chi connectivity index (χ2n) is 4.91. The van der Waals surface area contributed by atoms with Crippen LogP contribution < -0.4 is 5.73 Å². The van der Waals surface area contributed by atoms with Gasteiger partial charge in [0.2, 0.25) is 5.92 Å². The summed E-state index contributed by atoms with van der Waals surface area (Å²) < 4.78 is 25.7. The zero-order valence-electron chi connectivity index (χ0n) is 8.02. The highest BCUT2D eigenvalue weighted by atomic mass is 19.3. The lowest BCUT2D eigenvalue weighted by Crippen LogP contribution is -2.48. The van der Waals surface area contributed by atoms with Gasteiger partial charge in [0.05, 0.1) is 0 Å². The van der Waals surface area contributed by atoms with E-state index in [2.05, 4.69) is 6.92 Å². The molecule has 0 bridgehead atoms. The third-order valence-electron chi connectivity index (χ3n) is 3.76. The van der Waals surface area contributed by atoms with Crippen LogP contribution in [0.1, 0.15) is 39.0 Å². The zero-order valence-corrected chi connectivity index (χ0v) is 8.02. The molecule has 0 aromatic carbocycles. The van der Waals surface area contributed by atoms with Crippen LogP contribution in [-0.2, 0) is 0 Å². The molecule has 13 heavy (non-hydrogen) atoms. The second-order valence-corrected chi connectivity index (χ2v) is 4.91. The van der Waals surface area contributed by atoms with Crippen LogP contribution in [0.4, 0.5) is 8.78 Å². The Morgan fingerprint density at radius 1 is 1.15 bits per heavy atom. The van der Waals surface area contributed by atoms with E-state index in [9.17, 15) is 8.78 Å². The first-order valence-electron chi connectivity index (χ1n) is 5.10. The molecule has 2 atom stereocenters. The molecular weight excluding hydrogens is 172 g/mol. The third kappa shape index (κ3) is 1.71. The average molecular weight is 189 g/mol. The van der Waals surface area contributed by atoms with Crippen molar-refractivity contribution in [1.82, 2.24) is 0 Å². The standard InChI is InChI=1S/C10H17F2N/c1-7-6-8(7)9(13)2-4-10(11,12)5-3-9/h7-8H,2-6,13H2,1H3. The van der Waals surface area contributed by atoms with Crippen molar-refractivity contribution in [2.45, 2.75) is 50.5 Å². The highest BCUT2D eigenvalue weighted by Gasteiger charge is 2.52. The molecule has 0 spiro atoms. The number of alkyl halides is 2. The third-order valence-corrected chi connectivity index (χ3v) is 3.76. The lowest BCUT2D eigenvalue weighted by molar-refractivity contribution is -0.0539. The maximum atomic E-state index is 12.9. The van der Waals surface area contributed by atoms with E-state index in [-0.39, 0.29) is 18.4 Å². The van der Waals surface area contributed by atoms with Crippen molar-refractivity contribution in [2.75, 3.05) is 0 Å². The number of rotatable bonds is 1. The summed E-state index contributed by atoms with van der Waals surface area (Å²) in [5, 5.41) is 0. The monoisotopic (exact) mass is 189 g/mol. The highest BCUT2D eigenvalue weighted by molar-refractivity contribution is 5.05. The van der Waals surface area contributed by atoms with Crippen molar-refractivity contribution in [3.63, 3.8) is 0 Å².